The van der Waals surface area contributed by atoms with Gasteiger partial charge in [-0.2, -0.15) is 12.7 Å². The molecule has 0 saturated heterocycles. The Kier molecular flexibility index (Phi) is 5.48. The number of aromatic nitrogens is 1. The van der Waals surface area contributed by atoms with Gasteiger partial charge in [0.25, 0.3) is 0 Å². The summed E-state index contributed by atoms with van der Waals surface area (Å²) in [6.45, 7) is 0.587. The molecule has 3 aromatic rings. The van der Waals surface area contributed by atoms with Crippen LogP contribution in [0.1, 0.15) is 5.56 Å². The largest absolute Gasteiger partial charge is 0.496 e. The smallest absolute Gasteiger partial charge is 0.301 e. The van der Waals surface area contributed by atoms with Crippen LogP contribution in [0.5, 0.6) is 5.75 Å². The maximum atomic E-state index is 11.9. The van der Waals surface area contributed by atoms with Gasteiger partial charge in [0.05, 0.1) is 18.3 Å². The second kappa shape index (κ2) is 7.81. The van der Waals surface area contributed by atoms with E-state index in [9.17, 15) is 8.42 Å². The second-order valence-electron chi connectivity index (χ2n) is 6.16. The Labute approximate surface area is 159 Å². The minimum atomic E-state index is -3.54. The maximum Gasteiger partial charge on any atom is 0.301 e. The Morgan fingerprint density at radius 3 is 2.59 bits per heavy atom. The number of nitrogens with zero attached hydrogens (tertiary/aromatic N) is 2. The number of anilines is 2. The Hall–Kier alpha value is -2.84. The van der Waals surface area contributed by atoms with E-state index in [1.165, 1.54) is 14.1 Å². The van der Waals surface area contributed by atoms with Gasteiger partial charge in [-0.3, -0.25) is 4.72 Å². The zero-order valence-electron chi connectivity index (χ0n) is 15.4. The molecular weight excluding hydrogens is 364 g/mol. The molecule has 0 unspecified atom stereocenters. The molecule has 0 aliphatic carbocycles. The zero-order chi connectivity index (χ0) is 19.4. The lowest BCUT2D eigenvalue weighted by Gasteiger charge is -2.14. The van der Waals surface area contributed by atoms with Gasteiger partial charge in [-0.25, -0.2) is 4.98 Å². The molecule has 1 aromatic heterocycles. The molecule has 7 nitrogen and oxygen atoms in total. The van der Waals surface area contributed by atoms with Gasteiger partial charge < -0.3 is 10.1 Å². The molecule has 2 N–H and O–H groups in total. The number of benzene rings is 2. The number of methoxy groups -OCH3 is 1. The predicted molar refractivity (Wildman–Crippen MR) is 108 cm³/mol. The van der Waals surface area contributed by atoms with E-state index in [2.05, 4.69) is 15.0 Å². The van der Waals surface area contributed by atoms with Crippen molar-refractivity contribution in [1.29, 1.82) is 0 Å². The van der Waals surface area contributed by atoms with Crippen molar-refractivity contribution in [2.24, 2.45) is 0 Å². The highest BCUT2D eigenvalue weighted by Crippen LogP contribution is 2.22. The summed E-state index contributed by atoms with van der Waals surface area (Å²) in [5.41, 5.74) is 2.30. The lowest BCUT2D eigenvalue weighted by atomic mass is 10.2. The lowest BCUT2D eigenvalue weighted by molar-refractivity contribution is 0.410. The van der Waals surface area contributed by atoms with Crippen LogP contribution < -0.4 is 14.8 Å². The number of para-hydroxylation sites is 1. The summed E-state index contributed by atoms with van der Waals surface area (Å²) in [6.07, 6.45) is 0. The van der Waals surface area contributed by atoms with E-state index in [-0.39, 0.29) is 0 Å². The molecule has 3 rings (SSSR count). The maximum absolute atomic E-state index is 11.9. The summed E-state index contributed by atoms with van der Waals surface area (Å²) >= 11 is 0. The molecule has 0 atom stereocenters. The fourth-order valence-corrected chi connectivity index (χ4v) is 3.17. The Morgan fingerprint density at radius 1 is 1.07 bits per heavy atom. The third kappa shape index (κ3) is 4.47. The third-order valence-corrected chi connectivity index (χ3v) is 5.52. The van der Waals surface area contributed by atoms with Crippen molar-refractivity contribution in [3.05, 3.63) is 60.2 Å². The van der Waals surface area contributed by atoms with Crippen molar-refractivity contribution in [2.75, 3.05) is 31.2 Å². The molecule has 2 aromatic carbocycles. The molecule has 142 valence electrons. The molecule has 0 aliphatic rings. The van der Waals surface area contributed by atoms with Gasteiger partial charge in [0.2, 0.25) is 0 Å². The van der Waals surface area contributed by atoms with Crippen LogP contribution in [-0.2, 0) is 16.8 Å². The summed E-state index contributed by atoms with van der Waals surface area (Å²) in [5.74, 6) is 1.55. The van der Waals surface area contributed by atoms with Crippen LogP contribution in [0, 0.1) is 0 Å². The second-order valence-corrected chi connectivity index (χ2v) is 8.04. The SMILES string of the molecule is COc1ccccc1CNc1ccc2cc(NS(=O)(=O)N(C)C)ccc2n1. The average Bonchev–Trinajstić information content (AvgIpc) is 2.66. The Bertz CT molecular complexity index is 1050. The van der Waals surface area contributed by atoms with Gasteiger partial charge in [0.15, 0.2) is 0 Å². The average molecular weight is 386 g/mol. The molecule has 0 spiro atoms. The van der Waals surface area contributed by atoms with Gasteiger partial charge >= 0.3 is 10.2 Å². The normalized spacial score (nSPS) is 11.6. The summed E-state index contributed by atoms with van der Waals surface area (Å²) in [4.78, 5) is 4.58. The number of fused-ring (bicyclic) bond motifs is 1. The van der Waals surface area contributed by atoms with Gasteiger partial charge in [-0.1, -0.05) is 18.2 Å². The summed E-state index contributed by atoms with van der Waals surface area (Å²) in [6, 6.07) is 16.8. The highest BCUT2D eigenvalue weighted by atomic mass is 32.2. The summed E-state index contributed by atoms with van der Waals surface area (Å²) in [7, 11) is 1.07. The van der Waals surface area contributed by atoms with Crippen molar-refractivity contribution < 1.29 is 13.2 Å². The van der Waals surface area contributed by atoms with Crippen molar-refractivity contribution in [3.63, 3.8) is 0 Å². The van der Waals surface area contributed by atoms with Crippen LogP contribution in [-0.4, -0.2) is 38.9 Å². The van der Waals surface area contributed by atoms with Crippen molar-refractivity contribution in [3.8, 4) is 5.75 Å². The van der Waals surface area contributed by atoms with E-state index in [4.69, 9.17) is 4.74 Å². The number of rotatable bonds is 7. The summed E-state index contributed by atoms with van der Waals surface area (Å²) < 4.78 is 32.9. The van der Waals surface area contributed by atoms with E-state index < -0.39 is 10.2 Å². The number of nitrogens with one attached hydrogen (secondary N) is 2. The van der Waals surface area contributed by atoms with Gasteiger partial charge in [0, 0.05) is 31.6 Å². The zero-order valence-corrected chi connectivity index (χ0v) is 16.2. The van der Waals surface area contributed by atoms with E-state index in [1.807, 2.05) is 36.4 Å². The minimum Gasteiger partial charge on any atom is -0.496 e. The molecule has 0 amide bonds. The third-order valence-electron chi connectivity index (χ3n) is 4.07. The van der Waals surface area contributed by atoms with Crippen LogP contribution in [0.3, 0.4) is 0 Å². The summed E-state index contributed by atoms with van der Waals surface area (Å²) in [5, 5.41) is 4.13. The van der Waals surface area contributed by atoms with E-state index in [1.54, 1.807) is 25.3 Å². The van der Waals surface area contributed by atoms with Gasteiger partial charge in [0.1, 0.15) is 11.6 Å². The first-order chi connectivity index (χ1) is 12.9. The fraction of sp³-hybridized carbons (Fsp3) is 0.211. The lowest BCUT2D eigenvalue weighted by Crippen LogP contribution is -2.28. The van der Waals surface area contributed by atoms with Crippen molar-refractivity contribution in [1.82, 2.24) is 9.29 Å². The number of ether oxygens (including phenoxy) is 1. The predicted octanol–water partition coefficient (Wildman–Crippen LogP) is 3.07. The molecule has 0 aliphatic heterocycles. The van der Waals surface area contributed by atoms with E-state index >= 15 is 0 Å². The quantitative estimate of drug-likeness (QED) is 0.652. The van der Waals surface area contributed by atoms with Crippen LogP contribution >= 0.6 is 0 Å². The van der Waals surface area contributed by atoms with Crippen molar-refractivity contribution >= 4 is 32.6 Å². The number of hydrogen-bond donors (Lipinski definition) is 2. The van der Waals surface area contributed by atoms with E-state index in [0.717, 1.165) is 32.3 Å². The van der Waals surface area contributed by atoms with Crippen LogP contribution in [0.4, 0.5) is 11.5 Å². The van der Waals surface area contributed by atoms with E-state index in [0.29, 0.717) is 12.2 Å². The molecule has 8 heteroatoms. The Balaban J connectivity index is 1.77. The first kappa shape index (κ1) is 18.9. The first-order valence-electron chi connectivity index (χ1n) is 8.36. The highest BCUT2D eigenvalue weighted by molar-refractivity contribution is 7.90. The fourth-order valence-electron chi connectivity index (χ4n) is 2.56. The number of hydrogen-bond acceptors (Lipinski definition) is 5. The topological polar surface area (TPSA) is 83.6 Å². The monoisotopic (exact) mass is 386 g/mol. The minimum absolute atomic E-state index is 0.493. The molecule has 0 radical (unpaired) electrons. The number of pyridine rings is 1. The van der Waals surface area contributed by atoms with Gasteiger partial charge in [-0.15, -0.1) is 0 Å². The molecule has 0 fully saturated rings. The molecule has 1 heterocycles. The molecule has 0 bridgehead atoms. The van der Waals surface area contributed by atoms with Gasteiger partial charge in [-0.05, 0) is 36.4 Å². The molecule has 27 heavy (non-hydrogen) atoms. The highest BCUT2D eigenvalue weighted by Gasteiger charge is 2.13. The first-order valence-corrected chi connectivity index (χ1v) is 9.80. The van der Waals surface area contributed by atoms with Crippen LogP contribution in [0.25, 0.3) is 10.9 Å². The molecule has 0 saturated carbocycles. The molecular formula is C19H22N4O3S. The standard InChI is InChI=1S/C19H22N4O3S/c1-23(2)27(24,25)22-16-9-10-17-14(12-16)8-11-19(21-17)20-13-15-6-4-5-7-18(15)26-3/h4-12,22H,13H2,1-3H3,(H,20,21). The van der Waals surface area contributed by atoms with Crippen LogP contribution in [0.2, 0.25) is 0 Å². The van der Waals surface area contributed by atoms with Crippen molar-refractivity contribution in [2.45, 2.75) is 6.54 Å². The van der Waals surface area contributed by atoms with Crippen LogP contribution in [0.15, 0.2) is 54.6 Å². The Morgan fingerprint density at radius 2 is 1.85 bits per heavy atom.